The monoisotopic (exact) mass is 274 g/mol. The molecule has 3 nitrogen and oxygen atoms in total. The number of carbonyl (C=O) groups excluding carboxylic acids is 2. The van der Waals surface area contributed by atoms with E-state index in [4.69, 9.17) is 16.3 Å². The maximum Gasteiger partial charge on any atom is 0.338 e. The van der Waals surface area contributed by atoms with Gasteiger partial charge in [-0.3, -0.25) is 4.79 Å². The third-order valence-electron chi connectivity index (χ3n) is 2.49. The predicted octanol–water partition coefficient (Wildman–Crippen LogP) is 3.38. The van der Waals surface area contributed by atoms with Crippen molar-refractivity contribution in [2.75, 3.05) is 6.61 Å². The minimum Gasteiger partial charge on any atom is -0.454 e. The van der Waals surface area contributed by atoms with Crippen LogP contribution in [0.4, 0.5) is 0 Å². The van der Waals surface area contributed by atoms with Crippen molar-refractivity contribution in [2.45, 2.75) is 0 Å². The summed E-state index contributed by atoms with van der Waals surface area (Å²) in [5.74, 6) is -0.803. The van der Waals surface area contributed by atoms with Crippen molar-refractivity contribution in [1.29, 1.82) is 0 Å². The highest BCUT2D eigenvalue weighted by atomic mass is 35.5. The van der Waals surface area contributed by atoms with Crippen molar-refractivity contribution in [3.05, 3.63) is 70.7 Å². The van der Waals surface area contributed by atoms with E-state index in [1.165, 1.54) is 0 Å². The van der Waals surface area contributed by atoms with Crippen molar-refractivity contribution in [3.8, 4) is 0 Å². The normalized spacial score (nSPS) is 9.95. The van der Waals surface area contributed by atoms with Gasteiger partial charge in [0.2, 0.25) is 0 Å². The zero-order valence-electron chi connectivity index (χ0n) is 10.0. The molecule has 0 fully saturated rings. The van der Waals surface area contributed by atoms with Crippen molar-refractivity contribution in [2.24, 2.45) is 0 Å². The van der Waals surface area contributed by atoms with Crippen LogP contribution in [0.1, 0.15) is 20.7 Å². The van der Waals surface area contributed by atoms with Gasteiger partial charge in [-0.15, -0.1) is 0 Å². The Bertz CT molecular complexity index is 593. The van der Waals surface area contributed by atoms with Gasteiger partial charge in [0.05, 0.1) is 5.56 Å². The van der Waals surface area contributed by atoms with Gasteiger partial charge in [0.25, 0.3) is 0 Å². The third kappa shape index (κ3) is 3.66. The zero-order valence-corrected chi connectivity index (χ0v) is 10.8. The molecule has 0 unspecified atom stereocenters. The van der Waals surface area contributed by atoms with Crippen LogP contribution in [-0.2, 0) is 4.74 Å². The minimum absolute atomic E-state index is 0.285. The average Bonchev–Trinajstić information content (AvgIpc) is 2.45. The number of carbonyl (C=O) groups is 2. The molecule has 0 amide bonds. The molecule has 0 aromatic heterocycles. The smallest absolute Gasteiger partial charge is 0.338 e. The van der Waals surface area contributed by atoms with Crippen LogP contribution in [0.15, 0.2) is 54.6 Å². The molecule has 96 valence electrons. The lowest BCUT2D eigenvalue weighted by Crippen LogP contribution is -2.14. The van der Waals surface area contributed by atoms with E-state index in [2.05, 4.69) is 0 Å². The highest BCUT2D eigenvalue weighted by Crippen LogP contribution is 2.11. The SMILES string of the molecule is O=C(COC(=O)c1ccccc1)c1cccc(Cl)c1. The molecule has 2 aromatic rings. The maximum atomic E-state index is 11.8. The topological polar surface area (TPSA) is 43.4 Å². The first kappa shape index (κ1) is 13.3. The van der Waals surface area contributed by atoms with Gasteiger partial charge in [0, 0.05) is 10.6 Å². The predicted molar refractivity (Wildman–Crippen MR) is 72.5 cm³/mol. The molecule has 0 N–H and O–H groups in total. The standard InChI is InChI=1S/C15H11ClO3/c16-13-8-4-7-12(9-13)14(17)10-19-15(18)11-5-2-1-3-6-11/h1-9H,10H2. The molecule has 2 aromatic carbocycles. The summed E-state index contributed by atoms with van der Waals surface area (Å²) in [6.45, 7) is -0.298. The van der Waals surface area contributed by atoms with Gasteiger partial charge in [0.1, 0.15) is 0 Å². The van der Waals surface area contributed by atoms with Crippen LogP contribution in [0.5, 0.6) is 0 Å². The highest BCUT2D eigenvalue weighted by molar-refractivity contribution is 6.31. The maximum absolute atomic E-state index is 11.8. The fraction of sp³-hybridized carbons (Fsp3) is 0.0667. The number of ether oxygens (including phenoxy) is 1. The Morgan fingerprint density at radius 3 is 2.32 bits per heavy atom. The fourth-order valence-corrected chi connectivity index (χ4v) is 1.72. The van der Waals surface area contributed by atoms with Crippen LogP contribution in [0.25, 0.3) is 0 Å². The van der Waals surface area contributed by atoms with Crippen molar-refractivity contribution in [3.63, 3.8) is 0 Å². The summed E-state index contributed by atoms with van der Waals surface area (Å²) >= 11 is 5.79. The molecule has 0 saturated heterocycles. The summed E-state index contributed by atoms with van der Waals surface area (Å²) in [4.78, 5) is 23.4. The third-order valence-corrected chi connectivity index (χ3v) is 2.73. The summed E-state index contributed by atoms with van der Waals surface area (Å²) in [7, 11) is 0. The fourth-order valence-electron chi connectivity index (χ4n) is 1.53. The average molecular weight is 275 g/mol. The number of rotatable bonds is 4. The van der Waals surface area contributed by atoms with Crippen LogP contribution in [-0.4, -0.2) is 18.4 Å². The van der Waals surface area contributed by atoms with E-state index in [0.717, 1.165) is 0 Å². The van der Waals surface area contributed by atoms with Crippen LogP contribution in [0, 0.1) is 0 Å². The van der Waals surface area contributed by atoms with Gasteiger partial charge in [-0.25, -0.2) is 4.79 Å². The van der Waals surface area contributed by atoms with Crippen molar-refractivity contribution in [1.82, 2.24) is 0 Å². The summed E-state index contributed by atoms with van der Waals surface area (Å²) in [6.07, 6.45) is 0. The molecule has 0 atom stereocenters. The van der Waals surface area contributed by atoms with E-state index < -0.39 is 5.97 Å². The zero-order chi connectivity index (χ0) is 13.7. The lowest BCUT2D eigenvalue weighted by atomic mass is 10.1. The van der Waals surface area contributed by atoms with Gasteiger partial charge in [-0.2, -0.15) is 0 Å². The van der Waals surface area contributed by atoms with E-state index in [1.54, 1.807) is 54.6 Å². The largest absolute Gasteiger partial charge is 0.454 e. The highest BCUT2D eigenvalue weighted by Gasteiger charge is 2.11. The summed E-state index contributed by atoms with van der Waals surface area (Å²) < 4.78 is 4.95. The molecule has 0 aliphatic carbocycles. The van der Waals surface area contributed by atoms with Gasteiger partial charge < -0.3 is 4.74 Å². The molecule has 0 heterocycles. The van der Waals surface area contributed by atoms with Crippen LogP contribution in [0.2, 0.25) is 5.02 Å². The Morgan fingerprint density at radius 1 is 0.947 bits per heavy atom. The second kappa shape index (κ2) is 6.16. The molecule has 0 aliphatic rings. The first-order valence-corrected chi connectivity index (χ1v) is 6.05. The molecule has 0 radical (unpaired) electrons. The summed E-state index contributed by atoms with van der Waals surface area (Å²) in [6, 6.07) is 15.0. The molecule has 0 saturated carbocycles. The van der Waals surface area contributed by atoms with E-state index >= 15 is 0 Å². The van der Waals surface area contributed by atoms with Crippen LogP contribution < -0.4 is 0 Å². The molecular formula is C15H11ClO3. The molecule has 19 heavy (non-hydrogen) atoms. The number of Topliss-reactive ketones (excluding diaryl/α,β-unsaturated/α-hetero) is 1. The number of ketones is 1. The first-order valence-electron chi connectivity index (χ1n) is 5.68. The van der Waals surface area contributed by atoms with Crippen molar-refractivity contribution < 1.29 is 14.3 Å². The van der Waals surface area contributed by atoms with Gasteiger partial charge in [-0.1, -0.05) is 41.9 Å². The number of hydrogen-bond donors (Lipinski definition) is 0. The molecular weight excluding hydrogens is 264 g/mol. The molecule has 0 aliphatic heterocycles. The first-order chi connectivity index (χ1) is 9.16. The summed E-state index contributed by atoms with van der Waals surface area (Å²) in [5, 5.41) is 0.472. The molecule has 0 bridgehead atoms. The van der Waals surface area contributed by atoms with Gasteiger partial charge >= 0.3 is 5.97 Å². The van der Waals surface area contributed by atoms with E-state index in [1.807, 2.05) is 0 Å². The number of halogens is 1. The van der Waals surface area contributed by atoms with Gasteiger partial charge in [0.15, 0.2) is 12.4 Å². The summed E-state index contributed by atoms with van der Waals surface area (Å²) in [5.41, 5.74) is 0.842. The molecule has 0 spiro atoms. The molecule has 2 rings (SSSR count). The number of hydrogen-bond acceptors (Lipinski definition) is 3. The Morgan fingerprint density at radius 2 is 1.63 bits per heavy atom. The van der Waals surface area contributed by atoms with Crippen LogP contribution >= 0.6 is 11.6 Å². The van der Waals surface area contributed by atoms with Crippen molar-refractivity contribution >= 4 is 23.4 Å². The van der Waals surface area contributed by atoms with E-state index in [9.17, 15) is 9.59 Å². The second-order valence-electron chi connectivity index (χ2n) is 3.88. The van der Waals surface area contributed by atoms with E-state index in [0.29, 0.717) is 16.1 Å². The molecule has 4 heteroatoms. The number of esters is 1. The Kier molecular flexibility index (Phi) is 4.31. The van der Waals surface area contributed by atoms with Gasteiger partial charge in [-0.05, 0) is 24.3 Å². The Labute approximate surface area is 115 Å². The number of benzene rings is 2. The van der Waals surface area contributed by atoms with E-state index in [-0.39, 0.29) is 12.4 Å². The second-order valence-corrected chi connectivity index (χ2v) is 4.31. The lowest BCUT2D eigenvalue weighted by molar-refractivity contribution is 0.0475. The minimum atomic E-state index is -0.518. The Hall–Kier alpha value is -2.13. The quantitative estimate of drug-likeness (QED) is 0.634. The Balaban J connectivity index is 1.96. The van der Waals surface area contributed by atoms with Crippen LogP contribution in [0.3, 0.4) is 0 Å². The lowest BCUT2D eigenvalue weighted by Gasteiger charge is -2.04.